The number of pyridine rings is 5. The molecule has 18 heteroatoms. The van der Waals surface area contributed by atoms with Crippen LogP contribution >= 0.6 is 0 Å². The van der Waals surface area contributed by atoms with Crippen molar-refractivity contribution in [2.24, 2.45) is 17.3 Å². The smallest absolute Gasteiger partial charge is 0.263 e. The molecule has 0 radical (unpaired) electrons. The predicted octanol–water partition coefficient (Wildman–Crippen LogP) is 24.8. The van der Waals surface area contributed by atoms with Gasteiger partial charge in [0.15, 0.2) is 0 Å². The lowest BCUT2D eigenvalue weighted by molar-refractivity contribution is 0.151. The van der Waals surface area contributed by atoms with Gasteiger partial charge in [0.05, 0.1) is 43.1 Å². The van der Waals surface area contributed by atoms with Crippen molar-refractivity contribution in [2.45, 2.75) is 287 Å². The van der Waals surface area contributed by atoms with E-state index < -0.39 is 6.43 Å². The number of benzene rings is 1. The second-order valence-corrected chi connectivity index (χ2v) is 32.3. The Bertz CT molecular complexity index is 3490. The monoisotopic (exact) mass is 1490 g/mol. The van der Waals surface area contributed by atoms with Crippen LogP contribution in [0.15, 0.2) is 141 Å². The van der Waals surface area contributed by atoms with Crippen LogP contribution in [0.5, 0.6) is 17.6 Å². The lowest BCUT2D eigenvalue weighted by atomic mass is 9.99. The number of alkyl halides is 2. The normalized spacial score (nSPS) is 11.1. The minimum atomic E-state index is -2.36. The molecule has 0 amide bonds. The molecular weight excluding hydrogens is 1350 g/mol. The largest absolute Gasteiger partial charge is 0.476 e. The van der Waals surface area contributed by atoms with E-state index in [2.05, 4.69) is 295 Å². The van der Waals surface area contributed by atoms with Gasteiger partial charge in [0, 0.05) is 86.2 Å². The van der Waals surface area contributed by atoms with E-state index in [4.69, 9.17) is 14.2 Å². The number of hydrogen-bond acceptors (Lipinski definition) is 16. The molecule has 108 heavy (non-hydrogen) atoms. The van der Waals surface area contributed by atoms with Crippen molar-refractivity contribution in [1.29, 1.82) is 0 Å². The van der Waals surface area contributed by atoms with E-state index in [0.29, 0.717) is 102 Å². The van der Waals surface area contributed by atoms with Crippen LogP contribution in [0.1, 0.15) is 319 Å². The van der Waals surface area contributed by atoms with Gasteiger partial charge >= 0.3 is 0 Å². The molecule has 0 fully saturated rings. The number of aromatic nitrogens is 9. The summed E-state index contributed by atoms with van der Waals surface area (Å²) in [5.41, 5.74) is 9.45. The van der Waals surface area contributed by atoms with Crippen LogP contribution in [-0.4, -0.2) is 95.9 Å². The molecule has 0 saturated heterocycles. The van der Waals surface area contributed by atoms with Gasteiger partial charge in [-0.1, -0.05) is 208 Å². The molecule has 7 aromatic heterocycles. The van der Waals surface area contributed by atoms with Crippen LogP contribution in [-0.2, 0) is 0 Å². The van der Waals surface area contributed by atoms with Crippen LogP contribution in [0.25, 0.3) is 0 Å². The Morgan fingerprint density at radius 3 is 1.20 bits per heavy atom. The Labute approximate surface area is 654 Å². The highest BCUT2D eigenvalue weighted by Crippen LogP contribution is 2.25. The van der Waals surface area contributed by atoms with E-state index in [9.17, 15) is 8.78 Å². The Balaban J connectivity index is 0.000000618. The van der Waals surface area contributed by atoms with E-state index in [1.807, 2.05) is 82.8 Å². The SMILES string of the molecule is CC(C)CNc1ccc(C(C)C)cn1.CC(C)COc1cncc(C(C)C)n1.CC(C)Nc1ccc(C(C)C)cn1.CC(C)Nc1cccc(C(C)C)n1.CC(C)Oc1ccc(C(C)C)cn1.CC(C)c1cccc(C(F)F)c1.CC(C)c1cncc(OCC(C)(C)C)n1.CCN(CC)c1ccc(C(C)C)cn1. The lowest BCUT2D eigenvalue weighted by Gasteiger charge is -2.19. The maximum atomic E-state index is 12.2. The predicted molar refractivity (Wildman–Crippen MR) is 455 cm³/mol. The van der Waals surface area contributed by atoms with Crippen molar-refractivity contribution in [3.63, 3.8) is 0 Å². The average Bonchev–Trinajstić information content (AvgIpc) is 0.905. The molecule has 7 heterocycles. The van der Waals surface area contributed by atoms with E-state index in [1.54, 1.807) is 36.9 Å². The van der Waals surface area contributed by atoms with Gasteiger partial charge < -0.3 is 35.1 Å². The molecule has 16 nitrogen and oxygen atoms in total. The van der Waals surface area contributed by atoms with Crippen LogP contribution in [0.3, 0.4) is 0 Å². The van der Waals surface area contributed by atoms with Crippen molar-refractivity contribution in [1.82, 2.24) is 44.9 Å². The fourth-order valence-electron chi connectivity index (χ4n) is 8.97. The van der Waals surface area contributed by atoms with E-state index in [1.165, 1.54) is 28.3 Å². The first-order valence-corrected chi connectivity index (χ1v) is 39.4. The molecule has 1 aromatic carbocycles. The third-order valence-corrected chi connectivity index (χ3v) is 15.6. The summed E-state index contributed by atoms with van der Waals surface area (Å²) < 4.78 is 40.9. The average molecular weight is 1490 g/mol. The Hall–Kier alpha value is -8.41. The van der Waals surface area contributed by atoms with Crippen LogP contribution in [0.2, 0.25) is 0 Å². The quantitative estimate of drug-likeness (QED) is 0.0465. The number of rotatable bonds is 26. The zero-order valence-electron chi connectivity index (χ0n) is 72.4. The summed E-state index contributed by atoms with van der Waals surface area (Å²) in [4.78, 5) is 41.1. The van der Waals surface area contributed by atoms with Crippen LogP contribution in [0, 0.1) is 17.3 Å². The van der Waals surface area contributed by atoms with Gasteiger partial charge in [-0.2, -0.15) is 0 Å². The third kappa shape index (κ3) is 44.2. The summed E-state index contributed by atoms with van der Waals surface area (Å²) in [5, 5.41) is 9.85. The molecule has 8 rings (SSSR count). The van der Waals surface area contributed by atoms with Crippen molar-refractivity contribution in [3.05, 3.63) is 191 Å². The molecule has 0 atom stereocenters. The van der Waals surface area contributed by atoms with Crippen molar-refractivity contribution in [3.8, 4) is 17.6 Å². The Morgan fingerprint density at radius 1 is 0.389 bits per heavy atom. The number of anilines is 4. The summed E-state index contributed by atoms with van der Waals surface area (Å²) in [7, 11) is 0. The summed E-state index contributed by atoms with van der Waals surface area (Å²) in [5.74, 6) is 10.9. The molecular formula is C90H143F2N13O3. The van der Waals surface area contributed by atoms with E-state index in [0.717, 1.165) is 65.6 Å². The molecule has 0 unspecified atom stereocenters. The van der Waals surface area contributed by atoms with Gasteiger partial charge in [-0.3, -0.25) is 9.97 Å². The highest BCUT2D eigenvalue weighted by molar-refractivity contribution is 5.40. The maximum Gasteiger partial charge on any atom is 0.263 e. The molecule has 600 valence electrons. The van der Waals surface area contributed by atoms with Crippen molar-refractivity contribution >= 4 is 23.3 Å². The Morgan fingerprint density at radius 2 is 0.824 bits per heavy atom. The number of nitrogens with one attached hydrogen (secondary N) is 3. The Kier molecular flexibility index (Phi) is 47.5. The van der Waals surface area contributed by atoms with E-state index >= 15 is 0 Å². The van der Waals surface area contributed by atoms with Gasteiger partial charge in [0.25, 0.3) is 6.43 Å². The van der Waals surface area contributed by atoms with Gasteiger partial charge in [-0.25, -0.2) is 43.7 Å². The molecule has 0 saturated carbocycles. The van der Waals surface area contributed by atoms with Gasteiger partial charge in [0.1, 0.15) is 23.3 Å². The van der Waals surface area contributed by atoms with Crippen LogP contribution in [0.4, 0.5) is 32.1 Å². The fourth-order valence-corrected chi connectivity index (χ4v) is 8.97. The number of halogens is 2. The van der Waals surface area contributed by atoms with Crippen molar-refractivity contribution in [2.75, 3.05) is 53.7 Å². The molecule has 8 aromatic rings. The summed E-state index contributed by atoms with van der Waals surface area (Å²) in [6, 6.07) is 30.2. The summed E-state index contributed by atoms with van der Waals surface area (Å²) in [6.07, 6.45) is 12.5. The molecule has 0 aliphatic carbocycles. The number of nitrogens with zero attached hydrogens (tertiary/aromatic N) is 10. The minimum absolute atomic E-state index is 0.112. The van der Waals surface area contributed by atoms with E-state index in [-0.39, 0.29) is 17.1 Å². The first-order valence-electron chi connectivity index (χ1n) is 39.4. The number of hydrogen-bond donors (Lipinski definition) is 3. The molecule has 0 aliphatic rings. The highest BCUT2D eigenvalue weighted by atomic mass is 19.3. The van der Waals surface area contributed by atoms with Gasteiger partial charge in [-0.15, -0.1) is 0 Å². The topological polar surface area (TPSA) is 183 Å². The van der Waals surface area contributed by atoms with Gasteiger partial charge in [-0.05, 0) is 184 Å². The molecule has 0 spiro atoms. The standard InChI is InChI=1S/C12H20N2O.2C12H20N2.C11H18N2O.2C11H18N2.C11H17NO.C10H12F2/c1-9(2)10-6-13-7-11(14-10)15-8-12(3,4)5;1-9(2)7-13-12-6-5-11(8-14-12)10(3)4;1-5-14(6-2)12-8-7-11(9-13-12)10(3)4;1-8(2)7-14-11-6-12-5-10(13-11)9(3)4;1-8(2)10-5-6-11(12-7-10)13-9(3)4;1-8(2)10-6-5-7-11(13-10)12-9(3)4;1-8(2)10-5-6-11(12-7-10)13-9(3)4;1-7(2)8-4-3-5-9(6-8)10(11)12/h6-7,9H,8H2,1-5H3;5-6,8-10H,7H2,1-4H3,(H,13,14);7-10H,5-6H2,1-4H3;5-6,8-9H,7H2,1-4H3;2*5-9H,1-4H3,(H,12,13);5-9H,1-4H3;3-7,10H,1-2H3. The zero-order chi connectivity index (χ0) is 81.8. The van der Waals surface area contributed by atoms with Crippen molar-refractivity contribution < 1.29 is 23.0 Å². The lowest BCUT2D eigenvalue weighted by Crippen LogP contribution is -2.22. The first-order chi connectivity index (χ1) is 50.6. The molecule has 3 N–H and O–H groups in total. The summed E-state index contributed by atoms with van der Waals surface area (Å²) in [6.45, 7) is 70.2. The third-order valence-electron chi connectivity index (χ3n) is 15.6. The molecule has 0 aliphatic heterocycles. The van der Waals surface area contributed by atoms with Gasteiger partial charge in [0.2, 0.25) is 17.6 Å². The first kappa shape index (κ1) is 97.6. The highest BCUT2D eigenvalue weighted by Gasteiger charge is 2.14. The molecule has 0 bridgehead atoms. The number of ether oxygens (including phenoxy) is 3. The minimum Gasteiger partial charge on any atom is -0.476 e. The zero-order valence-corrected chi connectivity index (χ0v) is 72.4. The summed E-state index contributed by atoms with van der Waals surface area (Å²) >= 11 is 0. The second kappa shape index (κ2) is 52.6. The fraction of sp³-hybridized carbons (Fsp3) is 0.567. The maximum absolute atomic E-state index is 12.2. The second-order valence-electron chi connectivity index (χ2n) is 32.3. The van der Waals surface area contributed by atoms with Crippen LogP contribution < -0.4 is 35.1 Å².